The molecule has 0 spiro atoms. The fraction of sp³-hybridized carbons (Fsp3) is 0.350. The van der Waals surface area contributed by atoms with Crippen molar-refractivity contribution in [1.29, 1.82) is 0 Å². The molecule has 0 aliphatic carbocycles. The van der Waals surface area contributed by atoms with Gasteiger partial charge < -0.3 is 19.5 Å². The van der Waals surface area contributed by atoms with Crippen LogP contribution in [0.2, 0.25) is 0 Å². The van der Waals surface area contributed by atoms with E-state index in [1.165, 1.54) is 25.3 Å². The molecule has 0 fully saturated rings. The lowest BCUT2D eigenvalue weighted by molar-refractivity contribution is -0.384. The SMILES string of the molecule is COc1ccc(CN(C)[C@@H](C)C(=O)Nc2cc([N+](=O)[O-])ccc2OC)c(OC)c1. The molecule has 0 aliphatic heterocycles. The Morgan fingerprint density at radius 2 is 1.79 bits per heavy atom. The van der Waals surface area contributed by atoms with Crippen molar-refractivity contribution in [3.8, 4) is 17.2 Å². The molecule has 0 unspecified atom stereocenters. The predicted molar refractivity (Wildman–Crippen MR) is 109 cm³/mol. The molecule has 9 nitrogen and oxygen atoms in total. The Labute approximate surface area is 169 Å². The van der Waals surface area contributed by atoms with Crippen molar-refractivity contribution in [3.63, 3.8) is 0 Å². The first-order valence-electron chi connectivity index (χ1n) is 8.85. The fourth-order valence-electron chi connectivity index (χ4n) is 2.73. The fourth-order valence-corrected chi connectivity index (χ4v) is 2.73. The average Bonchev–Trinajstić information content (AvgIpc) is 2.73. The van der Waals surface area contributed by atoms with Gasteiger partial charge in [-0.15, -0.1) is 0 Å². The van der Waals surface area contributed by atoms with Gasteiger partial charge in [0.05, 0.1) is 38.0 Å². The summed E-state index contributed by atoms with van der Waals surface area (Å²) in [6.07, 6.45) is 0. The van der Waals surface area contributed by atoms with Gasteiger partial charge in [-0.2, -0.15) is 0 Å². The van der Waals surface area contributed by atoms with Crippen LogP contribution in [0.3, 0.4) is 0 Å². The Bertz CT molecular complexity index is 887. The zero-order valence-corrected chi connectivity index (χ0v) is 17.1. The van der Waals surface area contributed by atoms with Gasteiger partial charge in [-0.3, -0.25) is 19.8 Å². The van der Waals surface area contributed by atoms with E-state index in [1.54, 1.807) is 34.3 Å². The van der Waals surface area contributed by atoms with Crippen molar-refractivity contribution in [1.82, 2.24) is 4.90 Å². The number of methoxy groups -OCH3 is 3. The molecule has 0 bridgehead atoms. The van der Waals surface area contributed by atoms with E-state index in [4.69, 9.17) is 14.2 Å². The highest BCUT2D eigenvalue weighted by Crippen LogP contribution is 2.29. The molecule has 0 saturated carbocycles. The molecule has 0 aromatic heterocycles. The van der Waals surface area contributed by atoms with Crippen LogP contribution < -0.4 is 19.5 Å². The molecule has 29 heavy (non-hydrogen) atoms. The number of carbonyl (C=O) groups excluding carboxylic acids is 1. The average molecular weight is 403 g/mol. The number of hydrogen-bond acceptors (Lipinski definition) is 7. The number of benzene rings is 2. The van der Waals surface area contributed by atoms with E-state index >= 15 is 0 Å². The van der Waals surface area contributed by atoms with Crippen LogP contribution in [0, 0.1) is 10.1 Å². The molecule has 156 valence electrons. The summed E-state index contributed by atoms with van der Waals surface area (Å²) in [4.78, 5) is 25.0. The van der Waals surface area contributed by atoms with Gasteiger partial charge in [0.25, 0.3) is 5.69 Å². The largest absolute Gasteiger partial charge is 0.497 e. The van der Waals surface area contributed by atoms with Crippen LogP contribution in [-0.2, 0) is 11.3 Å². The highest BCUT2D eigenvalue weighted by molar-refractivity contribution is 5.96. The second-order valence-corrected chi connectivity index (χ2v) is 6.40. The lowest BCUT2D eigenvalue weighted by Crippen LogP contribution is -2.39. The number of nitro groups is 1. The van der Waals surface area contributed by atoms with Gasteiger partial charge in [-0.05, 0) is 26.1 Å². The van der Waals surface area contributed by atoms with E-state index in [0.717, 1.165) is 5.56 Å². The maximum absolute atomic E-state index is 12.7. The molecular weight excluding hydrogens is 378 g/mol. The Hall–Kier alpha value is -3.33. The molecule has 1 amide bonds. The van der Waals surface area contributed by atoms with Gasteiger partial charge in [0.15, 0.2) is 0 Å². The van der Waals surface area contributed by atoms with Crippen LogP contribution in [0.25, 0.3) is 0 Å². The molecule has 2 aromatic carbocycles. The van der Waals surface area contributed by atoms with Crippen LogP contribution in [0.4, 0.5) is 11.4 Å². The number of amides is 1. The molecule has 1 N–H and O–H groups in total. The summed E-state index contributed by atoms with van der Waals surface area (Å²) in [6.45, 7) is 2.20. The summed E-state index contributed by atoms with van der Waals surface area (Å²) in [5.41, 5.74) is 1.00. The molecule has 2 aromatic rings. The zero-order chi connectivity index (χ0) is 21.6. The highest BCUT2D eigenvalue weighted by Gasteiger charge is 2.22. The molecule has 0 aliphatic rings. The Morgan fingerprint density at radius 1 is 1.10 bits per heavy atom. The molecular formula is C20H25N3O6. The van der Waals surface area contributed by atoms with E-state index in [9.17, 15) is 14.9 Å². The Morgan fingerprint density at radius 3 is 2.38 bits per heavy atom. The number of nitrogens with zero attached hydrogens (tertiary/aromatic N) is 2. The van der Waals surface area contributed by atoms with Crippen molar-refractivity contribution in [2.75, 3.05) is 33.7 Å². The quantitative estimate of drug-likeness (QED) is 0.507. The monoisotopic (exact) mass is 403 g/mol. The van der Waals surface area contributed by atoms with Crippen LogP contribution in [-0.4, -0.2) is 50.1 Å². The van der Waals surface area contributed by atoms with Crippen LogP contribution in [0.15, 0.2) is 36.4 Å². The maximum atomic E-state index is 12.7. The van der Waals surface area contributed by atoms with Crippen molar-refractivity contribution in [2.45, 2.75) is 19.5 Å². The number of nitrogens with one attached hydrogen (secondary N) is 1. The number of rotatable bonds is 9. The third kappa shape index (κ3) is 5.35. The van der Waals surface area contributed by atoms with Crippen molar-refractivity contribution >= 4 is 17.3 Å². The van der Waals surface area contributed by atoms with Crippen molar-refractivity contribution < 1.29 is 23.9 Å². The Balaban J connectivity index is 2.14. The molecule has 1 atom stereocenters. The summed E-state index contributed by atoms with van der Waals surface area (Å²) >= 11 is 0. The zero-order valence-electron chi connectivity index (χ0n) is 17.1. The number of ether oxygens (including phenoxy) is 3. The topological polar surface area (TPSA) is 103 Å². The lowest BCUT2D eigenvalue weighted by atomic mass is 10.1. The van der Waals surface area contributed by atoms with Crippen molar-refractivity contribution in [2.24, 2.45) is 0 Å². The van der Waals surface area contributed by atoms with Crippen LogP contribution in [0.5, 0.6) is 17.2 Å². The lowest BCUT2D eigenvalue weighted by Gasteiger charge is -2.25. The molecule has 9 heteroatoms. The van der Waals surface area contributed by atoms with Crippen LogP contribution >= 0.6 is 0 Å². The third-order valence-corrected chi connectivity index (χ3v) is 4.61. The first-order chi connectivity index (χ1) is 13.8. The predicted octanol–water partition coefficient (Wildman–Crippen LogP) is 3.08. The highest BCUT2D eigenvalue weighted by atomic mass is 16.6. The standard InChI is InChI=1S/C20H25N3O6/c1-13(22(2)12-14-6-8-16(27-3)11-19(14)29-5)20(24)21-17-10-15(23(25)26)7-9-18(17)28-4/h6-11,13H,12H2,1-5H3,(H,21,24)/t13-/m0/s1. The van der Waals surface area contributed by atoms with E-state index in [-0.39, 0.29) is 17.3 Å². The van der Waals surface area contributed by atoms with E-state index in [0.29, 0.717) is 23.8 Å². The Kier molecular flexibility index (Phi) is 7.38. The van der Waals surface area contributed by atoms with Gasteiger partial charge in [-0.25, -0.2) is 0 Å². The number of hydrogen-bond donors (Lipinski definition) is 1. The molecule has 0 heterocycles. The van der Waals surface area contributed by atoms with E-state index in [2.05, 4.69) is 5.32 Å². The summed E-state index contributed by atoms with van der Waals surface area (Å²) in [7, 11) is 6.39. The number of nitro benzene ring substituents is 1. The maximum Gasteiger partial charge on any atom is 0.271 e. The summed E-state index contributed by atoms with van der Waals surface area (Å²) in [5.74, 6) is 1.36. The first-order valence-corrected chi connectivity index (χ1v) is 8.85. The van der Waals surface area contributed by atoms with Gasteiger partial charge >= 0.3 is 0 Å². The van der Waals surface area contributed by atoms with E-state index in [1.807, 2.05) is 17.0 Å². The summed E-state index contributed by atoms with van der Waals surface area (Å²) < 4.78 is 15.8. The van der Waals surface area contributed by atoms with Gasteiger partial charge in [0.1, 0.15) is 17.2 Å². The minimum Gasteiger partial charge on any atom is -0.497 e. The minimum absolute atomic E-state index is 0.134. The van der Waals surface area contributed by atoms with Gasteiger partial charge in [-0.1, -0.05) is 6.07 Å². The number of likely N-dealkylation sites (N-methyl/N-ethyl adjacent to an activating group) is 1. The molecule has 0 saturated heterocycles. The molecule has 0 radical (unpaired) electrons. The van der Waals surface area contributed by atoms with Gasteiger partial charge in [0, 0.05) is 30.3 Å². The summed E-state index contributed by atoms with van der Waals surface area (Å²) in [5, 5.41) is 13.7. The second kappa shape index (κ2) is 9.74. The smallest absolute Gasteiger partial charge is 0.271 e. The minimum atomic E-state index is -0.527. The normalized spacial score (nSPS) is 11.7. The van der Waals surface area contributed by atoms with Crippen LogP contribution in [0.1, 0.15) is 12.5 Å². The number of anilines is 1. The summed E-state index contributed by atoms with van der Waals surface area (Å²) in [6, 6.07) is 9.00. The third-order valence-electron chi connectivity index (χ3n) is 4.61. The second-order valence-electron chi connectivity index (χ2n) is 6.40. The molecule has 2 rings (SSSR count). The van der Waals surface area contributed by atoms with E-state index < -0.39 is 11.0 Å². The first kappa shape index (κ1) is 22.0. The van der Waals surface area contributed by atoms with Crippen molar-refractivity contribution in [3.05, 3.63) is 52.1 Å². The van der Waals surface area contributed by atoms with Gasteiger partial charge in [0.2, 0.25) is 5.91 Å². The number of non-ortho nitro benzene ring substituents is 1. The number of carbonyl (C=O) groups is 1.